The zero-order chi connectivity index (χ0) is 14.2. The zero-order valence-corrected chi connectivity index (χ0v) is 16.7. The highest BCUT2D eigenvalue weighted by atomic mass is 127. The SMILES string of the molecule is CCNC(=NCCCC1CC1)NC1CCC(SCC)C1.I. The number of nitrogens with one attached hydrogen (secondary N) is 2. The number of hydrogen-bond acceptors (Lipinski definition) is 2. The number of hydrogen-bond donors (Lipinski definition) is 2. The first-order valence-corrected chi connectivity index (χ1v) is 9.53. The second-order valence-corrected chi connectivity index (χ2v) is 7.66. The van der Waals surface area contributed by atoms with Gasteiger partial charge in [0, 0.05) is 24.4 Å². The molecule has 2 fully saturated rings. The Morgan fingerprint density at radius 2 is 2.00 bits per heavy atom. The standard InChI is InChI=1S/C16H31N3S.HI/c1-3-17-16(18-11-5-6-13-7-8-13)19-14-9-10-15(12-14)20-4-2;/h13-15H,3-12H2,1-2H3,(H2,17,18,19);1H. The van der Waals surface area contributed by atoms with Gasteiger partial charge in [-0.1, -0.05) is 19.8 Å². The van der Waals surface area contributed by atoms with Gasteiger partial charge < -0.3 is 10.6 Å². The molecular weight excluding hydrogens is 393 g/mol. The summed E-state index contributed by atoms with van der Waals surface area (Å²) >= 11 is 2.11. The van der Waals surface area contributed by atoms with Crippen LogP contribution in [0.3, 0.4) is 0 Å². The summed E-state index contributed by atoms with van der Waals surface area (Å²) in [5.41, 5.74) is 0. The van der Waals surface area contributed by atoms with Crippen molar-refractivity contribution in [2.45, 2.75) is 70.1 Å². The van der Waals surface area contributed by atoms with Gasteiger partial charge in [0.05, 0.1) is 0 Å². The number of rotatable bonds is 8. The molecule has 3 nitrogen and oxygen atoms in total. The van der Waals surface area contributed by atoms with E-state index in [9.17, 15) is 0 Å². The highest BCUT2D eigenvalue weighted by Crippen LogP contribution is 2.33. The van der Waals surface area contributed by atoms with Crippen LogP contribution in [0.15, 0.2) is 4.99 Å². The van der Waals surface area contributed by atoms with Gasteiger partial charge in [0.25, 0.3) is 0 Å². The van der Waals surface area contributed by atoms with Crippen LogP contribution in [0.25, 0.3) is 0 Å². The quantitative estimate of drug-likeness (QED) is 0.267. The Morgan fingerprint density at radius 1 is 1.19 bits per heavy atom. The van der Waals surface area contributed by atoms with Gasteiger partial charge in [-0.2, -0.15) is 11.8 Å². The largest absolute Gasteiger partial charge is 0.357 e. The lowest BCUT2D eigenvalue weighted by Crippen LogP contribution is -2.42. The Morgan fingerprint density at radius 3 is 2.67 bits per heavy atom. The monoisotopic (exact) mass is 425 g/mol. The van der Waals surface area contributed by atoms with E-state index >= 15 is 0 Å². The van der Waals surface area contributed by atoms with E-state index in [1.165, 1.54) is 50.7 Å². The summed E-state index contributed by atoms with van der Waals surface area (Å²) in [6.07, 6.45) is 9.50. The van der Waals surface area contributed by atoms with Crippen molar-refractivity contribution < 1.29 is 0 Å². The van der Waals surface area contributed by atoms with Crippen LogP contribution in [0.1, 0.15) is 58.8 Å². The molecule has 0 aliphatic heterocycles. The van der Waals surface area contributed by atoms with Crippen molar-refractivity contribution in [3.8, 4) is 0 Å². The Labute approximate surface area is 151 Å². The maximum Gasteiger partial charge on any atom is 0.191 e. The van der Waals surface area contributed by atoms with Crippen molar-refractivity contribution >= 4 is 41.7 Å². The molecule has 0 spiro atoms. The lowest BCUT2D eigenvalue weighted by Gasteiger charge is -2.17. The fourth-order valence-electron chi connectivity index (χ4n) is 2.95. The Balaban J connectivity index is 0.00000220. The van der Waals surface area contributed by atoms with Crippen molar-refractivity contribution in [1.29, 1.82) is 0 Å². The van der Waals surface area contributed by atoms with Gasteiger partial charge in [-0.15, -0.1) is 24.0 Å². The molecule has 2 aliphatic carbocycles. The van der Waals surface area contributed by atoms with Crippen LogP contribution in [0.5, 0.6) is 0 Å². The Kier molecular flexibility index (Phi) is 10.1. The molecule has 0 radical (unpaired) electrons. The average Bonchev–Trinajstić information content (AvgIpc) is 3.16. The maximum absolute atomic E-state index is 4.74. The van der Waals surface area contributed by atoms with Gasteiger partial charge in [0.2, 0.25) is 0 Å². The molecule has 124 valence electrons. The summed E-state index contributed by atoms with van der Waals surface area (Å²) in [5, 5.41) is 7.88. The minimum atomic E-state index is 0. The fraction of sp³-hybridized carbons (Fsp3) is 0.938. The predicted molar refractivity (Wildman–Crippen MR) is 106 cm³/mol. The summed E-state index contributed by atoms with van der Waals surface area (Å²) in [7, 11) is 0. The van der Waals surface area contributed by atoms with Crippen LogP contribution in [-0.4, -0.2) is 36.1 Å². The van der Waals surface area contributed by atoms with Crippen molar-refractivity contribution in [1.82, 2.24) is 10.6 Å². The molecular formula is C16H32IN3S. The normalized spacial score (nSPS) is 25.5. The van der Waals surface area contributed by atoms with Gasteiger partial charge in [-0.05, 0) is 50.7 Å². The highest BCUT2D eigenvalue weighted by Gasteiger charge is 2.25. The lowest BCUT2D eigenvalue weighted by atomic mass is 10.2. The number of nitrogens with zero attached hydrogens (tertiary/aromatic N) is 1. The summed E-state index contributed by atoms with van der Waals surface area (Å²) in [4.78, 5) is 4.74. The van der Waals surface area contributed by atoms with Crippen molar-refractivity contribution in [3.63, 3.8) is 0 Å². The minimum absolute atomic E-state index is 0. The smallest absolute Gasteiger partial charge is 0.191 e. The Bertz CT molecular complexity index is 308. The molecule has 2 N–H and O–H groups in total. The molecule has 0 saturated heterocycles. The first-order valence-electron chi connectivity index (χ1n) is 8.48. The second-order valence-electron chi connectivity index (χ2n) is 6.08. The third-order valence-electron chi connectivity index (χ3n) is 4.21. The molecule has 2 unspecified atom stereocenters. The summed E-state index contributed by atoms with van der Waals surface area (Å²) in [5.74, 6) is 3.31. The molecule has 2 aliphatic rings. The van der Waals surface area contributed by atoms with E-state index in [1.54, 1.807) is 0 Å². The number of guanidine groups is 1. The second kappa shape index (κ2) is 11.0. The van der Waals surface area contributed by atoms with E-state index in [0.717, 1.165) is 30.2 Å². The van der Waals surface area contributed by atoms with E-state index in [-0.39, 0.29) is 24.0 Å². The molecule has 0 bridgehead atoms. The average molecular weight is 425 g/mol. The van der Waals surface area contributed by atoms with E-state index in [0.29, 0.717) is 6.04 Å². The lowest BCUT2D eigenvalue weighted by molar-refractivity contribution is 0.610. The molecule has 0 amide bonds. The molecule has 0 aromatic rings. The van der Waals surface area contributed by atoms with E-state index in [1.807, 2.05) is 0 Å². The minimum Gasteiger partial charge on any atom is -0.357 e. The van der Waals surface area contributed by atoms with Crippen LogP contribution in [0.4, 0.5) is 0 Å². The van der Waals surface area contributed by atoms with Gasteiger partial charge in [0.15, 0.2) is 5.96 Å². The van der Waals surface area contributed by atoms with Crippen molar-refractivity contribution in [2.75, 3.05) is 18.8 Å². The first-order chi connectivity index (χ1) is 9.81. The maximum atomic E-state index is 4.74. The molecule has 2 atom stereocenters. The third-order valence-corrected chi connectivity index (χ3v) is 5.44. The molecule has 0 aromatic heterocycles. The van der Waals surface area contributed by atoms with Crippen LogP contribution < -0.4 is 10.6 Å². The van der Waals surface area contributed by atoms with Crippen LogP contribution >= 0.6 is 35.7 Å². The van der Waals surface area contributed by atoms with E-state index in [2.05, 4.69) is 36.2 Å². The highest BCUT2D eigenvalue weighted by molar-refractivity contribution is 14.0. The molecule has 2 saturated carbocycles. The van der Waals surface area contributed by atoms with Crippen LogP contribution in [0, 0.1) is 5.92 Å². The topological polar surface area (TPSA) is 36.4 Å². The van der Waals surface area contributed by atoms with Gasteiger partial charge in [0.1, 0.15) is 0 Å². The predicted octanol–water partition coefficient (Wildman–Crippen LogP) is 4.02. The molecule has 21 heavy (non-hydrogen) atoms. The van der Waals surface area contributed by atoms with E-state index in [4.69, 9.17) is 4.99 Å². The fourth-order valence-corrected chi connectivity index (χ4v) is 4.09. The van der Waals surface area contributed by atoms with Gasteiger partial charge in [-0.3, -0.25) is 4.99 Å². The number of halogens is 1. The Hall–Kier alpha value is 0.350. The van der Waals surface area contributed by atoms with Crippen molar-refractivity contribution in [3.05, 3.63) is 0 Å². The number of aliphatic imine (C=N–C) groups is 1. The van der Waals surface area contributed by atoms with Crippen molar-refractivity contribution in [2.24, 2.45) is 10.9 Å². The summed E-state index contributed by atoms with van der Waals surface area (Å²) in [6.45, 7) is 6.34. The van der Waals surface area contributed by atoms with Crippen LogP contribution in [0.2, 0.25) is 0 Å². The molecule has 0 aromatic carbocycles. The third kappa shape index (κ3) is 7.95. The van der Waals surface area contributed by atoms with Gasteiger partial charge in [-0.25, -0.2) is 0 Å². The first kappa shape index (κ1) is 19.4. The molecule has 0 heterocycles. The number of thioether (sulfide) groups is 1. The summed E-state index contributed by atoms with van der Waals surface area (Å²) in [6, 6.07) is 0.625. The van der Waals surface area contributed by atoms with E-state index < -0.39 is 0 Å². The van der Waals surface area contributed by atoms with Gasteiger partial charge >= 0.3 is 0 Å². The molecule has 5 heteroatoms. The summed E-state index contributed by atoms with van der Waals surface area (Å²) < 4.78 is 0. The molecule has 2 rings (SSSR count). The zero-order valence-electron chi connectivity index (χ0n) is 13.6. The van der Waals surface area contributed by atoms with Crippen LogP contribution in [-0.2, 0) is 0 Å².